The number of carbonyl (C=O) groups excluding carboxylic acids is 1. The molecule has 0 aromatic rings. The number of esters is 1. The van der Waals surface area contributed by atoms with Crippen molar-refractivity contribution in [2.75, 3.05) is 6.61 Å². The summed E-state index contributed by atoms with van der Waals surface area (Å²) in [6, 6.07) is 0. The largest absolute Gasteiger partial charge is 0.462 e. The number of hydrogen-bond acceptors (Lipinski definition) is 3. The fourth-order valence-electron chi connectivity index (χ4n) is 2.02. The highest BCUT2D eigenvalue weighted by molar-refractivity contribution is 5.70. The SMILES string of the molecule is O=C1CC/C=C\C[C@H]([C@@H]2C[C@H]2CO)O1. The summed E-state index contributed by atoms with van der Waals surface area (Å²) in [5.74, 6) is 0.662. The van der Waals surface area contributed by atoms with Crippen molar-refractivity contribution < 1.29 is 14.6 Å². The van der Waals surface area contributed by atoms with Crippen LogP contribution in [0.1, 0.15) is 25.7 Å². The zero-order valence-electron chi connectivity index (χ0n) is 8.19. The molecule has 2 aliphatic rings. The van der Waals surface area contributed by atoms with Crippen molar-refractivity contribution in [1.82, 2.24) is 0 Å². The third-order valence-corrected chi connectivity index (χ3v) is 3.02. The number of rotatable bonds is 2. The van der Waals surface area contributed by atoms with Gasteiger partial charge in [0.25, 0.3) is 0 Å². The number of carbonyl (C=O) groups is 1. The summed E-state index contributed by atoms with van der Waals surface area (Å²) in [6.45, 7) is 0.225. The van der Waals surface area contributed by atoms with Gasteiger partial charge in [-0.15, -0.1) is 0 Å². The molecule has 1 aliphatic heterocycles. The Balaban J connectivity index is 1.93. The Morgan fingerprint density at radius 1 is 1.50 bits per heavy atom. The van der Waals surface area contributed by atoms with Crippen LogP contribution in [0.3, 0.4) is 0 Å². The molecule has 0 radical (unpaired) electrons. The van der Waals surface area contributed by atoms with Gasteiger partial charge in [-0.05, 0) is 18.8 Å². The fourth-order valence-corrected chi connectivity index (χ4v) is 2.02. The molecule has 1 saturated carbocycles. The van der Waals surface area contributed by atoms with Gasteiger partial charge in [-0.2, -0.15) is 0 Å². The van der Waals surface area contributed by atoms with Gasteiger partial charge in [0.15, 0.2) is 0 Å². The van der Waals surface area contributed by atoms with Crippen LogP contribution >= 0.6 is 0 Å². The van der Waals surface area contributed by atoms with E-state index in [4.69, 9.17) is 9.84 Å². The topological polar surface area (TPSA) is 46.5 Å². The minimum absolute atomic E-state index is 0.0104. The second kappa shape index (κ2) is 4.13. The molecule has 0 unspecified atom stereocenters. The van der Waals surface area contributed by atoms with Gasteiger partial charge in [-0.25, -0.2) is 0 Å². The van der Waals surface area contributed by atoms with Crippen molar-refractivity contribution in [3.8, 4) is 0 Å². The Morgan fingerprint density at radius 2 is 2.36 bits per heavy atom. The van der Waals surface area contributed by atoms with E-state index in [1.807, 2.05) is 6.08 Å². The van der Waals surface area contributed by atoms with Crippen LogP contribution < -0.4 is 0 Å². The smallest absolute Gasteiger partial charge is 0.306 e. The average molecular weight is 196 g/mol. The van der Waals surface area contributed by atoms with Gasteiger partial charge in [-0.1, -0.05) is 12.2 Å². The lowest BCUT2D eigenvalue weighted by molar-refractivity contribution is -0.150. The zero-order valence-corrected chi connectivity index (χ0v) is 8.19. The Hall–Kier alpha value is -0.830. The molecule has 0 aromatic heterocycles. The van der Waals surface area contributed by atoms with Crippen LogP contribution in [0.5, 0.6) is 0 Å². The van der Waals surface area contributed by atoms with E-state index in [1.54, 1.807) is 0 Å². The Bertz CT molecular complexity index is 247. The molecular weight excluding hydrogens is 180 g/mol. The summed E-state index contributed by atoms with van der Waals surface area (Å²) < 4.78 is 5.35. The van der Waals surface area contributed by atoms with Crippen molar-refractivity contribution in [3.05, 3.63) is 12.2 Å². The van der Waals surface area contributed by atoms with Crippen LogP contribution in [0.4, 0.5) is 0 Å². The minimum atomic E-state index is -0.0945. The van der Waals surface area contributed by atoms with Gasteiger partial charge in [0.2, 0.25) is 0 Å². The van der Waals surface area contributed by atoms with Crippen LogP contribution in [-0.4, -0.2) is 23.8 Å². The van der Waals surface area contributed by atoms with Crippen molar-refractivity contribution >= 4 is 5.97 Å². The zero-order chi connectivity index (χ0) is 9.97. The molecular formula is C11H16O3. The first-order valence-electron chi connectivity index (χ1n) is 5.26. The number of ether oxygens (including phenoxy) is 1. The van der Waals surface area contributed by atoms with Crippen molar-refractivity contribution in [2.24, 2.45) is 11.8 Å². The monoisotopic (exact) mass is 196 g/mol. The molecule has 1 heterocycles. The van der Waals surface area contributed by atoms with Gasteiger partial charge in [0.05, 0.1) is 0 Å². The van der Waals surface area contributed by atoms with Crippen LogP contribution in [-0.2, 0) is 9.53 Å². The van der Waals surface area contributed by atoms with E-state index in [1.165, 1.54) is 0 Å². The molecule has 14 heavy (non-hydrogen) atoms. The second-order valence-electron chi connectivity index (χ2n) is 4.12. The van der Waals surface area contributed by atoms with Gasteiger partial charge in [0, 0.05) is 25.4 Å². The Morgan fingerprint density at radius 3 is 3.07 bits per heavy atom. The number of aliphatic hydroxyl groups excluding tert-OH is 1. The summed E-state index contributed by atoms with van der Waals surface area (Å²) in [5, 5.41) is 8.94. The highest BCUT2D eigenvalue weighted by atomic mass is 16.5. The first-order chi connectivity index (χ1) is 6.81. The molecule has 3 nitrogen and oxygen atoms in total. The van der Waals surface area contributed by atoms with E-state index in [9.17, 15) is 4.79 Å². The lowest BCUT2D eigenvalue weighted by Crippen LogP contribution is -2.21. The molecule has 0 aromatic carbocycles. The van der Waals surface area contributed by atoms with E-state index < -0.39 is 0 Å². The van der Waals surface area contributed by atoms with Crippen LogP contribution in [0.15, 0.2) is 12.2 Å². The van der Waals surface area contributed by atoms with Gasteiger partial charge in [0.1, 0.15) is 6.10 Å². The Labute approximate surface area is 83.8 Å². The molecule has 1 aliphatic carbocycles. The maximum atomic E-state index is 11.3. The van der Waals surface area contributed by atoms with Crippen molar-refractivity contribution in [3.63, 3.8) is 0 Å². The lowest BCUT2D eigenvalue weighted by atomic mass is 10.1. The molecule has 0 bridgehead atoms. The number of cyclic esters (lactones) is 1. The van der Waals surface area contributed by atoms with Crippen LogP contribution in [0.2, 0.25) is 0 Å². The van der Waals surface area contributed by atoms with E-state index in [0.717, 1.165) is 19.3 Å². The Kier molecular flexibility index (Phi) is 2.87. The summed E-state index contributed by atoms with van der Waals surface area (Å²) in [4.78, 5) is 11.3. The van der Waals surface area contributed by atoms with Crippen molar-refractivity contribution in [2.45, 2.75) is 31.8 Å². The van der Waals surface area contributed by atoms with Crippen LogP contribution in [0, 0.1) is 11.8 Å². The van der Waals surface area contributed by atoms with E-state index in [2.05, 4.69) is 6.08 Å². The van der Waals surface area contributed by atoms with Crippen LogP contribution in [0.25, 0.3) is 0 Å². The second-order valence-corrected chi connectivity index (χ2v) is 4.12. The molecule has 1 fully saturated rings. The first kappa shape index (κ1) is 9.71. The third kappa shape index (κ3) is 2.15. The molecule has 2 rings (SSSR count). The quantitative estimate of drug-likeness (QED) is 0.534. The summed E-state index contributed by atoms with van der Waals surface area (Å²) in [5.41, 5.74) is 0. The predicted octanol–water partition coefficient (Wildman–Crippen LogP) is 1.27. The van der Waals surface area contributed by atoms with E-state index >= 15 is 0 Å². The van der Waals surface area contributed by atoms with E-state index in [-0.39, 0.29) is 18.7 Å². The van der Waals surface area contributed by atoms with Gasteiger partial charge < -0.3 is 9.84 Å². The minimum Gasteiger partial charge on any atom is -0.462 e. The van der Waals surface area contributed by atoms with Crippen molar-refractivity contribution in [1.29, 1.82) is 0 Å². The summed E-state index contributed by atoms with van der Waals surface area (Å²) >= 11 is 0. The molecule has 78 valence electrons. The third-order valence-electron chi connectivity index (χ3n) is 3.02. The summed E-state index contributed by atoms with van der Waals surface area (Å²) in [6.07, 6.45) is 7.24. The van der Waals surface area contributed by atoms with Gasteiger partial charge >= 0.3 is 5.97 Å². The lowest BCUT2D eigenvalue weighted by Gasteiger charge is -2.17. The fraction of sp³-hybridized carbons (Fsp3) is 0.727. The molecule has 3 atom stereocenters. The molecule has 0 spiro atoms. The highest BCUT2D eigenvalue weighted by Gasteiger charge is 2.43. The number of aliphatic hydroxyl groups is 1. The maximum absolute atomic E-state index is 11.3. The maximum Gasteiger partial charge on any atom is 0.306 e. The molecule has 3 heteroatoms. The number of hydrogen-bond donors (Lipinski definition) is 1. The molecule has 0 saturated heterocycles. The standard InChI is InChI=1S/C11H16O3/c12-7-8-6-9(8)10-4-2-1-3-5-11(13)14-10/h1-2,8-10,12H,3-7H2/b2-1-/t8-,9+,10+/m0/s1. The van der Waals surface area contributed by atoms with Gasteiger partial charge in [-0.3, -0.25) is 4.79 Å². The first-order valence-corrected chi connectivity index (χ1v) is 5.26. The predicted molar refractivity (Wildman–Crippen MR) is 51.6 cm³/mol. The molecule has 0 amide bonds. The van der Waals surface area contributed by atoms with E-state index in [0.29, 0.717) is 18.3 Å². The summed E-state index contributed by atoms with van der Waals surface area (Å²) in [7, 11) is 0. The highest BCUT2D eigenvalue weighted by Crippen LogP contribution is 2.43. The average Bonchev–Trinajstić information content (AvgIpc) is 2.90. The number of allylic oxidation sites excluding steroid dienone is 1. The molecule has 1 N–H and O–H groups in total. The normalized spacial score (nSPS) is 39.5.